The van der Waals surface area contributed by atoms with E-state index >= 15 is 0 Å². The van der Waals surface area contributed by atoms with E-state index in [0.717, 1.165) is 5.56 Å². The number of nitrogens with one attached hydrogen (secondary N) is 1. The van der Waals surface area contributed by atoms with E-state index in [9.17, 15) is 9.59 Å². The van der Waals surface area contributed by atoms with Crippen LogP contribution in [0, 0.1) is 6.92 Å². The van der Waals surface area contributed by atoms with Crippen molar-refractivity contribution in [2.75, 3.05) is 5.32 Å². The Bertz CT molecular complexity index is 795. The number of amides is 1. The molecule has 3 rings (SSSR count). The second kappa shape index (κ2) is 8.66. The number of hydrogen-bond donors (Lipinski definition) is 1. The van der Waals surface area contributed by atoms with Gasteiger partial charge in [0.1, 0.15) is 0 Å². The fourth-order valence-corrected chi connectivity index (χ4v) is 3.75. The lowest BCUT2D eigenvalue weighted by Gasteiger charge is -2.22. The van der Waals surface area contributed by atoms with Crippen LogP contribution in [0.2, 0.25) is 0 Å². The summed E-state index contributed by atoms with van der Waals surface area (Å²) in [6, 6.07) is 13.1. The first-order valence-electron chi connectivity index (χ1n) is 8.93. The quantitative estimate of drug-likeness (QED) is 0.583. The Morgan fingerprint density at radius 3 is 2.38 bits per heavy atom. The zero-order chi connectivity index (χ0) is 18.5. The molecule has 0 radical (unpaired) electrons. The Balaban J connectivity index is 1.75. The minimum absolute atomic E-state index is 0.230. The molecule has 1 fully saturated rings. The van der Waals surface area contributed by atoms with Gasteiger partial charge in [-0.05, 0) is 55.5 Å². The zero-order valence-electron chi connectivity index (χ0n) is 14.8. The molecular weight excluding hydrogens is 441 g/mol. The summed E-state index contributed by atoms with van der Waals surface area (Å²) >= 11 is 1.55. The molecule has 2 aromatic rings. The van der Waals surface area contributed by atoms with Gasteiger partial charge in [0.05, 0.1) is 11.3 Å². The van der Waals surface area contributed by atoms with E-state index in [0.29, 0.717) is 22.7 Å². The molecule has 136 valence electrons. The third-order valence-corrected chi connectivity index (χ3v) is 5.36. The highest BCUT2D eigenvalue weighted by atomic mass is 127. The number of halogens is 1. The van der Waals surface area contributed by atoms with Crippen LogP contribution in [0.3, 0.4) is 0 Å². The first-order chi connectivity index (χ1) is 12.6. The number of hydrogen-bond acceptors (Lipinski definition) is 3. The molecular formula is C21H22INO3. The molecule has 0 heterocycles. The topological polar surface area (TPSA) is 55.4 Å². The van der Waals surface area contributed by atoms with Crippen LogP contribution in [0.25, 0.3) is 0 Å². The minimum Gasteiger partial charge on any atom is -0.391 e. The van der Waals surface area contributed by atoms with E-state index < -0.39 is 5.97 Å². The second-order valence-electron chi connectivity index (χ2n) is 6.82. The van der Waals surface area contributed by atoms with Crippen LogP contribution < -0.4 is 5.32 Å². The van der Waals surface area contributed by atoms with Crippen molar-refractivity contribution in [3.8, 4) is 0 Å². The van der Waals surface area contributed by atoms with E-state index in [1.807, 2.05) is 25.1 Å². The van der Waals surface area contributed by atoms with Gasteiger partial charge in [-0.3, -0.25) is 4.79 Å². The summed E-state index contributed by atoms with van der Waals surface area (Å²) in [5.41, 5.74) is 3.63. The lowest BCUT2D eigenvalue weighted by Crippen LogP contribution is -2.15. The summed E-state index contributed by atoms with van der Waals surface area (Å²) in [6.07, 6.45) is 6.37. The molecule has 0 spiro atoms. The molecule has 0 aromatic heterocycles. The van der Waals surface area contributed by atoms with Crippen molar-refractivity contribution in [3.63, 3.8) is 0 Å². The van der Waals surface area contributed by atoms with Crippen molar-refractivity contribution >= 4 is 40.6 Å². The van der Waals surface area contributed by atoms with Crippen LogP contribution in [-0.4, -0.2) is 11.9 Å². The van der Waals surface area contributed by atoms with Crippen molar-refractivity contribution in [1.29, 1.82) is 0 Å². The Morgan fingerprint density at radius 1 is 1.04 bits per heavy atom. The average Bonchev–Trinajstić information content (AvgIpc) is 2.69. The normalized spacial score (nSPS) is 14.7. The number of benzene rings is 2. The third kappa shape index (κ3) is 4.44. The summed E-state index contributed by atoms with van der Waals surface area (Å²) in [5.74, 6) is -0.0909. The lowest BCUT2D eigenvalue weighted by atomic mass is 9.84. The van der Waals surface area contributed by atoms with Crippen molar-refractivity contribution in [2.24, 2.45) is 0 Å². The largest absolute Gasteiger partial charge is 0.391 e. The smallest absolute Gasteiger partial charge is 0.349 e. The number of rotatable bonds is 4. The molecule has 1 amide bonds. The van der Waals surface area contributed by atoms with Gasteiger partial charge < -0.3 is 8.38 Å². The Morgan fingerprint density at radius 2 is 1.73 bits per heavy atom. The molecule has 4 nitrogen and oxygen atoms in total. The molecule has 26 heavy (non-hydrogen) atoms. The van der Waals surface area contributed by atoms with Crippen LogP contribution >= 0.6 is 23.0 Å². The highest BCUT2D eigenvalue weighted by molar-refractivity contribution is 14.1. The van der Waals surface area contributed by atoms with Gasteiger partial charge in [-0.15, -0.1) is 0 Å². The highest BCUT2D eigenvalue weighted by Crippen LogP contribution is 2.32. The molecule has 0 bridgehead atoms. The second-order valence-corrected chi connectivity index (χ2v) is 7.27. The van der Waals surface area contributed by atoms with Crippen LogP contribution in [-0.2, 0) is 3.07 Å². The van der Waals surface area contributed by atoms with E-state index in [4.69, 9.17) is 3.07 Å². The number of carbonyl (C=O) groups is 2. The first kappa shape index (κ1) is 18.9. The fourth-order valence-electron chi connectivity index (χ4n) is 3.51. The van der Waals surface area contributed by atoms with Crippen LogP contribution in [0.15, 0.2) is 42.5 Å². The molecule has 5 heteroatoms. The molecule has 0 atom stereocenters. The number of anilines is 1. The Hall–Kier alpha value is -1.89. The van der Waals surface area contributed by atoms with Crippen molar-refractivity contribution in [2.45, 2.75) is 44.9 Å². The van der Waals surface area contributed by atoms with Crippen LogP contribution in [0.5, 0.6) is 0 Å². The first-order valence-corrected chi connectivity index (χ1v) is 9.81. The van der Waals surface area contributed by atoms with Gasteiger partial charge in [0.15, 0.2) is 23.0 Å². The summed E-state index contributed by atoms with van der Waals surface area (Å²) in [5, 5.41) is 2.83. The molecule has 1 aliphatic rings. The molecule has 2 aromatic carbocycles. The molecule has 0 aliphatic heterocycles. The van der Waals surface area contributed by atoms with Crippen molar-refractivity contribution in [3.05, 3.63) is 64.7 Å². The maximum Gasteiger partial charge on any atom is 0.349 e. The molecule has 1 aliphatic carbocycles. The Kier molecular flexibility index (Phi) is 6.29. The lowest BCUT2D eigenvalue weighted by molar-refractivity contribution is 0.0801. The monoisotopic (exact) mass is 463 g/mol. The molecule has 1 N–H and O–H groups in total. The van der Waals surface area contributed by atoms with Gasteiger partial charge in [-0.1, -0.05) is 43.0 Å². The van der Waals surface area contributed by atoms with Crippen molar-refractivity contribution in [1.82, 2.24) is 0 Å². The van der Waals surface area contributed by atoms with Gasteiger partial charge in [0.2, 0.25) is 0 Å². The van der Waals surface area contributed by atoms with Crippen LogP contribution in [0.4, 0.5) is 5.69 Å². The predicted octanol–water partition coefficient (Wildman–Crippen LogP) is 5.80. The van der Waals surface area contributed by atoms with Gasteiger partial charge >= 0.3 is 5.97 Å². The average molecular weight is 463 g/mol. The van der Waals surface area contributed by atoms with Gasteiger partial charge in [-0.25, -0.2) is 4.79 Å². The summed E-state index contributed by atoms with van der Waals surface area (Å²) in [7, 11) is 0. The minimum atomic E-state index is -0.475. The standard InChI is InChI=1S/C21H22INO3/c1-14-7-12-19(18(13-14)21(25)26-22)23-20(24)17-10-8-16(9-11-17)15-5-3-2-4-6-15/h7-13,15H,2-6H2,1H3,(H,23,24). The molecule has 0 unspecified atom stereocenters. The van der Waals surface area contributed by atoms with Crippen LogP contribution in [0.1, 0.15) is 69.9 Å². The van der Waals surface area contributed by atoms with E-state index in [1.165, 1.54) is 37.7 Å². The van der Waals surface area contributed by atoms with Gasteiger partial charge in [-0.2, -0.15) is 0 Å². The van der Waals surface area contributed by atoms with Gasteiger partial charge in [0, 0.05) is 5.56 Å². The summed E-state index contributed by atoms with van der Waals surface area (Å²) < 4.78 is 4.78. The fraction of sp³-hybridized carbons (Fsp3) is 0.333. The van der Waals surface area contributed by atoms with E-state index in [1.54, 1.807) is 35.1 Å². The third-order valence-electron chi connectivity index (χ3n) is 4.96. The van der Waals surface area contributed by atoms with E-state index in [2.05, 4.69) is 17.4 Å². The SMILES string of the molecule is Cc1ccc(NC(=O)c2ccc(C3CCCCC3)cc2)c(C(=O)OI)c1. The summed E-state index contributed by atoms with van der Waals surface area (Å²) in [6.45, 7) is 1.89. The number of carbonyl (C=O) groups excluding carboxylic acids is 2. The maximum atomic E-state index is 12.6. The highest BCUT2D eigenvalue weighted by Gasteiger charge is 2.18. The number of aryl methyl sites for hydroxylation is 1. The van der Waals surface area contributed by atoms with Gasteiger partial charge in [0.25, 0.3) is 5.91 Å². The Labute approximate surface area is 168 Å². The molecule has 0 saturated heterocycles. The zero-order valence-corrected chi connectivity index (χ0v) is 16.9. The van der Waals surface area contributed by atoms with Crippen molar-refractivity contribution < 1.29 is 12.7 Å². The predicted molar refractivity (Wildman–Crippen MR) is 111 cm³/mol. The maximum absolute atomic E-state index is 12.6. The molecule has 1 saturated carbocycles. The summed E-state index contributed by atoms with van der Waals surface area (Å²) in [4.78, 5) is 24.5. The van der Waals surface area contributed by atoms with E-state index in [-0.39, 0.29) is 5.91 Å².